The van der Waals surface area contributed by atoms with E-state index in [0.717, 1.165) is 24.5 Å². The van der Waals surface area contributed by atoms with Crippen molar-refractivity contribution in [1.29, 1.82) is 0 Å². The number of hydrogen-bond donors (Lipinski definition) is 0. The van der Waals surface area contributed by atoms with Gasteiger partial charge < -0.3 is 9.64 Å². The maximum absolute atomic E-state index is 5.34. The molecule has 0 saturated carbocycles. The van der Waals surface area contributed by atoms with E-state index in [-0.39, 0.29) is 0 Å². The number of rotatable bonds is 6. The quantitative estimate of drug-likeness (QED) is 0.540. The highest BCUT2D eigenvalue weighted by Crippen LogP contribution is 2.18. The van der Waals surface area contributed by atoms with Gasteiger partial charge >= 0.3 is 0 Å². The maximum atomic E-state index is 5.34. The van der Waals surface area contributed by atoms with Crippen LogP contribution < -0.4 is 0 Å². The number of halogens is 1. The van der Waals surface area contributed by atoms with E-state index in [2.05, 4.69) is 27.8 Å². The van der Waals surface area contributed by atoms with Crippen molar-refractivity contribution in [3.8, 4) is 0 Å². The molecule has 0 aromatic rings. The zero-order chi connectivity index (χ0) is 10.2. The topological polar surface area (TPSA) is 12.5 Å². The van der Waals surface area contributed by atoms with Crippen molar-refractivity contribution >= 4 is 15.9 Å². The van der Waals surface area contributed by atoms with Gasteiger partial charge in [0, 0.05) is 31.6 Å². The first-order valence-corrected chi connectivity index (χ1v) is 6.85. The van der Waals surface area contributed by atoms with Crippen LogP contribution in [0.2, 0.25) is 0 Å². The van der Waals surface area contributed by atoms with Crippen LogP contribution in [0.25, 0.3) is 0 Å². The molecule has 0 radical (unpaired) electrons. The average molecular weight is 264 g/mol. The zero-order valence-electron chi connectivity index (χ0n) is 9.17. The molecule has 1 fully saturated rings. The summed E-state index contributed by atoms with van der Waals surface area (Å²) < 4.78 is 5.34. The molecule has 1 aliphatic rings. The summed E-state index contributed by atoms with van der Waals surface area (Å²) in [5.41, 5.74) is 0. The SMILES string of the molecule is CCOCCCN1CCCC(CBr)C1. The lowest BCUT2D eigenvalue weighted by molar-refractivity contribution is 0.120. The van der Waals surface area contributed by atoms with Gasteiger partial charge in [-0.2, -0.15) is 0 Å². The predicted molar refractivity (Wildman–Crippen MR) is 64.1 cm³/mol. The molecule has 1 saturated heterocycles. The number of piperidine rings is 1. The molecule has 1 heterocycles. The first kappa shape index (κ1) is 12.5. The fraction of sp³-hybridized carbons (Fsp3) is 1.00. The van der Waals surface area contributed by atoms with Gasteiger partial charge in [0.25, 0.3) is 0 Å². The first-order chi connectivity index (χ1) is 6.86. The number of alkyl halides is 1. The molecule has 2 nitrogen and oxygen atoms in total. The van der Waals surface area contributed by atoms with E-state index in [9.17, 15) is 0 Å². The molecular formula is C11H22BrNO. The lowest BCUT2D eigenvalue weighted by Crippen LogP contribution is -2.36. The van der Waals surface area contributed by atoms with E-state index in [1.165, 1.54) is 38.9 Å². The molecule has 1 aliphatic heterocycles. The smallest absolute Gasteiger partial charge is 0.0478 e. The summed E-state index contributed by atoms with van der Waals surface area (Å²) in [6.07, 6.45) is 3.95. The predicted octanol–water partition coefficient (Wildman–Crippen LogP) is 2.52. The zero-order valence-corrected chi connectivity index (χ0v) is 10.8. The summed E-state index contributed by atoms with van der Waals surface area (Å²) in [6, 6.07) is 0. The Labute approximate surface area is 96.1 Å². The van der Waals surface area contributed by atoms with Crippen LogP contribution in [0, 0.1) is 5.92 Å². The summed E-state index contributed by atoms with van der Waals surface area (Å²) in [4.78, 5) is 2.58. The molecule has 1 rings (SSSR count). The molecule has 1 unspecified atom stereocenters. The molecule has 1 atom stereocenters. The van der Waals surface area contributed by atoms with Crippen LogP contribution in [0.15, 0.2) is 0 Å². The van der Waals surface area contributed by atoms with E-state index >= 15 is 0 Å². The summed E-state index contributed by atoms with van der Waals surface area (Å²) in [6.45, 7) is 7.61. The van der Waals surface area contributed by atoms with Gasteiger partial charge in [-0.3, -0.25) is 0 Å². The van der Waals surface area contributed by atoms with E-state index in [1.807, 2.05) is 0 Å². The molecule has 0 aromatic heterocycles. The minimum Gasteiger partial charge on any atom is -0.382 e. The number of likely N-dealkylation sites (tertiary alicyclic amines) is 1. The monoisotopic (exact) mass is 263 g/mol. The fourth-order valence-corrected chi connectivity index (χ4v) is 2.54. The van der Waals surface area contributed by atoms with Crippen LogP contribution in [0.5, 0.6) is 0 Å². The van der Waals surface area contributed by atoms with Crippen molar-refractivity contribution in [2.24, 2.45) is 5.92 Å². The molecule has 0 spiro atoms. The highest BCUT2D eigenvalue weighted by molar-refractivity contribution is 9.09. The standard InChI is InChI=1S/C11H22BrNO/c1-2-14-8-4-7-13-6-3-5-11(9-12)10-13/h11H,2-10H2,1H3. The summed E-state index contributed by atoms with van der Waals surface area (Å²) in [5.74, 6) is 0.871. The van der Waals surface area contributed by atoms with Gasteiger partial charge in [-0.15, -0.1) is 0 Å². The Kier molecular flexibility index (Phi) is 6.82. The Bertz CT molecular complexity index is 143. The van der Waals surface area contributed by atoms with Crippen LogP contribution in [-0.2, 0) is 4.74 Å². The third-order valence-electron chi connectivity index (χ3n) is 2.79. The Morgan fingerprint density at radius 3 is 3.07 bits per heavy atom. The Balaban J connectivity index is 2.05. The first-order valence-electron chi connectivity index (χ1n) is 5.73. The molecule has 3 heteroatoms. The summed E-state index contributed by atoms with van der Waals surface area (Å²) >= 11 is 3.58. The molecule has 0 aliphatic carbocycles. The van der Waals surface area contributed by atoms with Crippen LogP contribution >= 0.6 is 15.9 Å². The minimum atomic E-state index is 0.851. The number of ether oxygens (including phenoxy) is 1. The summed E-state index contributed by atoms with van der Waals surface area (Å²) in [7, 11) is 0. The van der Waals surface area contributed by atoms with Crippen LogP contribution in [0.4, 0.5) is 0 Å². The maximum Gasteiger partial charge on any atom is 0.0478 e. The lowest BCUT2D eigenvalue weighted by atomic mass is 10.0. The number of nitrogens with zero attached hydrogens (tertiary/aromatic N) is 1. The van der Waals surface area contributed by atoms with Crippen LogP contribution in [-0.4, -0.2) is 43.1 Å². The Morgan fingerprint density at radius 1 is 1.50 bits per heavy atom. The fourth-order valence-electron chi connectivity index (χ4n) is 2.01. The van der Waals surface area contributed by atoms with Crippen molar-refractivity contribution in [2.75, 3.05) is 38.2 Å². The van der Waals surface area contributed by atoms with Gasteiger partial charge in [-0.1, -0.05) is 15.9 Å². The number of hydrogen-bond acceptors (Lipinski definition) is 2. The average Bonchev–Trinajstić information content (AvgIpc) is 2.25. The van der Waals surface area contributed by atoms with E-state index in [1.54, 1.807) is 0 Å². The van der Waals surface area contributed by atoms with Crippen molar-refractivity contribution in [2.45, 2.75) is 26.2 Å². The van der Waals surface area contributed by atoms with Gasteiger partial charge in [0.1, 0.15) is 0 Å². The lowest BCUT2D eigenvalue weighted by Gasteiger charge is -2.31. The molecule has 14 heavy (non-hydrogen) atoms. The molecule has 84 valence electrons. The van der Waals surface area contributed by atoms with Crippen molar-refractivity contribution in [3.05, 3.63) is 0 Å². The molecule has 0 bridgehead atoms. The van der Waals surface area contributed by atoms with Gasteiger partial charge in [-0.25, -0.2) is 0 Å². The largest absolute Gasteiger partial charge is 0.382 e. The van der Waals surface area contributed by atoms with Crippen molar-refractivity contribution in [1.82, 2.24) is 4.90 Å². The third kappa shape index (κ3) is 4.76. The minimum absolute atomic E-state index is 0.851. The van der Waals surface area contributed by atoms with Crippen molar-refractivity contribution < 1.29 is 4.74 Å². The third-order valence-corrected chi connectivity index (χ3v) is 3.70. The normalized spacial score (nSPS) is 24.0. The van der Waals surface area contributed by atoms with Gasteiger partial charge in [0.2, 0.25) is 0 Å². The second kappa shape index (κ2) is 7.66. The molecule has 0 N–H and O–H groups in total. The van der Waals surface area contributed by atoms with Crippen molar-refractivity contribution in [3.63, 3.8) is 0 Å². The van der Waals surface area contributed by atoms with Crippen LogP contribution in [0.1, 0.15) is 26.2 Å². The second-order valence-electron chi connectivity index (χ2n) is 4.01. The van der Waals surface area contributed by atoms with E-state index in [0.29, 0.717) is 0 Å². The van der Waals surface area contributed by atoms with Gasteiger partial charge in [0.05, 0.1) is 0 Å². The van der Waals surface area contributed by atoms with Gasteiger partial charge in [-0.05, 0) is 38.6 Å². The van der Waals surface area contributed by atoms with E-state index < -0.39 is 0 Å². The van der Waals surface area contributed by atoms with Crippen LogP contribution in [0.3, 0.4) is 0 Å². The van der Waals surface area contributed by atoms with Gasteiger partial charge in [0.15, 0.2) is 0 Å². The Morgan fingerprint density at radius 2 is 2.36 bits per heavy atom. The highest BCUT2D eigenvalue weighted by Gasteiger charge is 2.17. The van der Waals surface area contributed by atoms with E-state index in [4.69, 9.17) is 4.74 Å². The highest BCUT2D eigenvalue weighted by atomic mass is 79.9. The summed E-state index contributed by atoms with van der Waals surface area (Å²) in [5, 5.41) is 1.16. The Hall–Kier alpha value is 0.400. The molecule has 0 aromatic carbocycles. The molecule has 0 amide bonds. The second-order valence-corrected chi connectivity index (χ2v) is 4.66. The molecular weight excluding hydrogens is 242 g/mol.